The minimum Gasteiger partial charge on any atom is -0.328 e. The van der Waals surface area contributed by atoms with Gasteiger partial charge in [-0.3, -0.25) is 9.05 Å². The second-order valence-electron chi connectivity index (χ2n) is 2.87. The summed E-state index contributed by atoms with van der Waals surface area (Å²) in [5.74, 6) is 0. The smallest absolute Gasteiger partial charge is 0.328 e. The summed E-state index contributed by atoms with van der Waals surface area (Å²) in [7, 11) is -4.00. The Hall–Kier alpha value is -0.450. The summed E-state index contributed by atoms with van der Waals surface area (Å²) in [5.41, 5.74) is 5.14. The summed E-state index contributed by atoms with van der Waals surface area (Å²) in [4.78, 5) is 9.26. The highest BCUT2D eigenvalue weighted by Crippen LogP contribution is 2.45. The normalized spacial score (nSPS) is 14.9. The van der Waals surface area contributed by atoms with Gasteiger partial charge in [0.15, 0.2) is 0 Å². The van der Waals surface area contributed by atoms with Gasteiger partial charge in [0.25, 0.3) is 0 Å². The lowest BCUT2D eigenvalue weighted by Gasteiger charge is -2.18. The monoisotopic (exact) mass is 235 g/mol. The second kappa shape index (κ2) is 7.79. The van der Waals surface area contributed by atoms with E-state index in [1.165, 1.54) is 0 Å². The van der Waals surface area contributed by atoms with Crippen LogP contribution in [0.1, 0.15) is 12.8 Å². The molecule has 0 aliphatic heterocycles. The van der Waals surface area contributed by atoms with E-state index < -0.39 is 13.9 Å². The van der Waals surface area contributed by atoms with Crippen molar-refractivity contribution in [2.24, 2.45) is 5.73 Å². The van der Waals surface area contributed by atoms with Gasteiger partial charge in [0.1, 0.15) is 0 Å². The fourth-order valence-electron chi connectivity index (χ4n) is 0.941. The van der Waals surface area contributed by atoms with E-state index in [1.807, 2.05) is 0 Å². The van der Waals surface area contributed by atoms with Crippen LogP contribution in [0, 0.1) is 0 Å². The molecular formula is C9H18NO4P. The van der Waals surface area contributed by atoms with Gasteiger partial charge in [-0.25, -0.2) is 4.57 Å². The topological polar surface area (TPSA) is 81.8 Å². The fraction of sp³-hybridized carbons (Fsp3) is 0.556. The van der Waals surface area contributed by atoms with E-state index in [0.717, 1.165) is 0 Å². The highest BCUT2D eigenvalue weighted by Gasteiger charge is 2.24. The average Bonchev–Trinajstić information content (AvgIpc) is 2.15. The van der Waals surface area contributed by atoms with E-state index in [-0.39, 0.29) is 13.2 Å². The number of hydrogen-bond donors (Lipinski definition) is 2. The second-order valence-corrected chi connectivity index (χ2v) is 4.27. The molecule has 3 N–H and O–H groups in total. The summed E-state index contributed by atoms with van der Waals surface area (Å²) >= 11 is 0. The van der Waals surface area contributed by atoms with E-state index in [1.54, 1.807) is 12.2 Å². The molecule has 0 aliphatic rings. The maximum atomic E-state index is 11.3. The zero-order chi connectivity index (χ0) is 11.7. The molecule has 0 aromatic carbocycles. The van der Waals surface area contributed by atoms with Gasteiger partial charge in [-0.1, -0.05) is 12.2 Å². The van der Waals surface area contributed by atoms with E-state index >= 15 is 0 Å². The lowest BCUT2D eigenvalue weighted by molar-refractivity contribution is 0.108. The van der Waals surface area contributed by atoms with Gasteiger partial charge in [-0.05, 0) is 12.8 Å². The Kier molecular flexibility index (Phi) is 7.56. The summed E-state index contributed by atoms with van der Waals surface area (Å²) in [6.45, 7) is 7.21. The first kappa shape index (κ1) is 14.6. The van der Waals surface area contributed by atoms with Crippen molar-refractivity contribution in [1.82, 2.24) is 0 Å². The summed E-state index contributed by atoms with van der Waals surface area (Å²) in [5, 5.41) is 0. The molecule has 6 heteroatoms. The maximum Gasteiger partial charge on any atom is 0.472 e. The minimum absolute atomic E-state index is 0.0112. The standard InChI is InChI=1S/C9H18NO4P/c1-3-5-9(6-4-2)14-15(11,12)13-8-7-10/h3-4,9H,1-2,5-8,10H2,(H,11,12). The number of nitrogens with two attached hydrogens (primary N) is 1. The molecule has 0 rings (SSSR count). The van der Waals surface area contributed by atoms with E-state index in [2.05, 4.69) is 17.7 Å². The molecule has 1 unspecified atom stereocenters. The molecule has 5 nitrogen and oxygen atoms in total. The molecule has 0 fully saturated rings. The third kappa shape index (κ3) is 7.48. The molecule has 0 aromatic rings. The van der Waals surface area contributed by atoms with Gasteiger partial charge in [-0.2, -0.15) is 0 Å². The number of phosphoric ester groups is 1. The van der Waals surface area contributed by atoms with Crippen LogP contribution in [0.25, 0.3) is 0 Å². The highest BCUT2D eigenvalue weighted by atomic mass is 31.2. The highest BCUT2D eigenvalue weighted by molar-refractivity contribution is 7.47. The molecule has 0 aliphatic carbocycles. The zero-order valence-electron chi connectivity index (χ0n) is 8.67. The minimum atomic E-state index is -4.00. The van der Waals surface area contributed by atoms with Crippen LogP contribution in [-0.2, 0) is 13.6 Å². The first-order valence-electron chi connectivity index (χ1n) is 4.63. The van der Waals surface area contributed by atoms with Gasteiger partial charge >= 0.3 is 7.82 Å². The first-order chi connectivity index (χ1) is 7.05. The molecule has 0 radical (unpaired) electrons. The quantitative estimate of drug-likeness (QED) is 0.468. The van der Waals surface area contributed by atoms with E-state index in [0.29, 0.717) is 12.8 Å². The molecule has 0 heterocycles. The average molecular weight is 235 g/mol. The molecule has 88 valence electrons. The van der Waals surface area contributed by atoms with Crippen molar-refractivity contribution < 1.29 is 18.5 Å². The Bertz CT molecular complexity index is 234. The molecule has 0 spiro atoms. The summed E-state index contributed by atoms with van der Waals surface area (Å²) in [6.07, 6.45) is 3.70. The molecule has 0 saturated heterocycles. The van der Waals surface area contributed by atoms with Crippen LogP contribution in [0.15, 0.2) is 25.3 Å². The molecular weight excluding hydrogens is 217 g/mol. The van der Waals surface area contributed by atoms with Gasteiger partial charge < -0.3 is 10.6 Å². The maximum absolute atomic E-state index is 11.3. The predicted molar refractivity (Wildman–Crippen MR) is 59.3 cm³/mol. The van der Waals surface area contributed by atoms with Crippen LogP contribution < -0.4 is 5.73 Å². The number of phosphoric acid groups is 1. The fourth-order valence-corrected chi connectivity index (χ4v) is 1.89. The molecule has 1 atom stereocenters. The Morgan fingerprint density at radius 1 is 1.40 bits per heavy atom. The van der Waals surface area contributed by atoms with Crippen molar-refractivity contribution >= 4 is 7.82 Å². The molecule has 0 aromatic heterocycles. The van der Waals surface area contributed by atoms with Crippen molar-refractivity contribution in [3.05, 3.63) is 25.3 Å². The van der Waals surface area contributed by atoms with Gasteiger partial charge in [0, 0.05) is 6.54 Å². The Morgan fingerprint density at radius 2 is 1.93 bits per heavy atom. The molecule has 0 amide bonds. The third-order valence-electron chi connectivity index (χ3n) is 1.51. The molecule has 0 bridgehead atoms. The lowest BCUT2D eigenvalue weighted by Crippen LogP contribution is -2.13. The summed E-state index contributed by atoms with van der Waals surface area (Å²) in [6, 6.07) is 0. The van der Waals surface area contributed by atoms with Crippen LogP contribution in [0.4, 0.5) is 0 Å². The van der Waals surface area contributed by atoms with Crippen LogP contribution in [0.2, 0.25) is 0 Å². The Labute approximate surface area is 90.2 Å². The predicted octanol–water partition coefficient (Wildman–Crippen LogP) is 1.60. The van der Waals surface area contributed by atoms with E-state index in [9.17, 15) is 9.46 Å². The third-order valence-corrected chi connectivity index (χ3v) is 2.59. The first-order valence-corrected chi connectivity index (χ1v) is 6.13. The number of rotatable bonds is 9. The largest absolute Gasteiger partial charge is 0.472 e. The Balaban J connectivity index is 4.16. The van der Waals surface area contributed by atoms with E-state index in [4.69, 9.17) is 10.3 Å². The van der Waals surface area contributed by atoms with Crippen molar-refractivity contribution in [2.75, 3.05) is 13.2 Å². The van der Waals surface area contributed by atoms with Gasteiger partial charge in [-0.15, -0.1) is 13.2 Å². The van der Waals surface area contributed by atoms with Crippen molar-refractivity contribution in [1.29, 1.82) is 0 Å². The van der Waals surface area contributed by atoms with Crippen molar-refractivity contribution in [3.8, 4) is 0 Å². The van der Waals surface area contributed by atoms with Crippen LogP contribution >= 0.6 is 7.82 Å². The van der Waals surface area contributed by atoms with Gasteiger partial charge in [0.05, 0.1) is 12.7 Å². The van der Waals surface area contributed by atoms with Crippen molar-refractivity contribution in [3.63, 3.8) is 0 Å². The van der Waals surface area contributed by atoms with Crippen LogP contribution in [0.3, 0.4) is 0 Å². The summed E-state index contributed by atoms with van der Waals surface area (Å²) < 4.78 is 20.8. The molecule has 15 heavy (non-hydrogen) atoms. The van der Waals surface area contributed by atoms with Crippen LogP contribution in [0.5, 0.6) is 0 Å². The van der Waals surface area contributed by atoms with Crippen molar-refractivity contribution in [2.45, 2.75) is 18.9 Å². The lowest BCUT2D eigenvalue weighted by atomic mass is 10.2. The zero-order valence-corrected chi connectivity index (χ0v) is 9.57. The van der Waals surface area contributed by atoms with Crippen LogP contribution in [-0.4, -0.2) is 24.1 Å². The van der Waals surface area contributed by atoms with Gasteiger partial charge in [0.2, 0.25) is 0 Å². The number of hydrogen-bond acceptors (Lipinski definition) is 4. The molecule has 0 saturated carbocycles. The Morgan fingerprint density at radius 3 is 2.33 bits per heavy atom. The SMILES string of the molecule is C=CCC(CC=C)OP(=O)(O)OCCN.